The Labute approximate surface area is 212 Å². The van der Waals surface area contributed by atoms with E-state index in [0.717, 1.165) is 22.0 Å². The number of nitrogens with zero attached hydrogens (tertiary/aromatic N) is 1. The van der Waals surface area contributed by atoms with Gasteiger partial charge in [-0.2, -0.15) is 0 Å². The first-order chi connectivity index (χ1) is 17.8. The van der Waals surface area contributed by atoms with Crippen LogP contribution in [0.15, 0.2) is 67.3 Å². The standard InChI is InChI=1S/C26H28N6O5/c27-20(9-15-5-7-18(33)8-6-15)24(34)31-22(11-17-13-28-14-30-17)25(35)32-23(26(36)37)10-16-12-29-21-4-2-1-3-19(16)21/h1-8,12-14,20,22-23,29,33H,9-11,27H2,(H,28,30)(H,31,34)(H,32,35)(H,36,37). The van der Waals surface area contributed by atoms with Gasteiger partial charge in [0.15, 0.2) is 0 Å². The number of benzene rings is 2. The molecule has 2 aromatic heterocycles. The van der Waals surface area contributed by atoms with Gasteiger partial charge in [0.2, 0.25) is 11.8 Å². The number of carbonyl (C=O) groups is 3. The summed E-state index contributed by atoms with van der Waals surface area (Å²) >= 11 is 0. The molecule has 11 nitrogen and oxygen atoms in total. The van der Waals surface area contributed by atoms with E-state index in [-0.39, 0.29) is 25.0 Å². The summed E-state index contributed by atoms with van der Waals surface area (Å²) in [6.45, 7) is 0. The highest BCUT2D eigenvalue weighted by atomic mass is 16.4. The van der Waals surface area contributed by atoms with Gasteiger partial charge in [0.25, 0.3) is 0 Å². The van der Waals surface area contributed by atoms with Crippen molar-refractivity contribution in [1.82, 2.24) is 25.6 Å². The molecule has 0 spiro atoms. The number of nitrogens with two attached hydrogens (primary N) is 1. The Bertz CT molecular complexity index is 1370. The Morgan fingerprint density at radius 2 is 1.65 bits per heavy atom. The van der Waals surface area contributed by atoms with Gasteiger partial charge in [-0.1, -0.05) is 30.3 Å². The maximum absolute atomic E-state index is 13.2. The lowest BCUT2D eigenvalue weighted by Gasteiger charge is -2.22. The van der Waals surface area contributed by atoms with E-state index < -0.39 is 35.9 Å². The maximum Gasteiger partial charge on any atom is 0.326 e. The molecule has 37 heavy (non-hydrogen) atoms. The van der Waals surface area contributed by atoms with Crippen LogP contribution < -0.4 is 16.4 Å². The van der Waals surface area contributed by atoms with Crippen LogP contribution in [0.25, 0.3) is 10.9 Å². The van der Waals surface area contributed by atoms with Crippen LogP contribution in [0.5, 0.6) is 5.75 Å². The van der Waals surface area contributed by atoms with Crippen LogP contribution in [-0.2, 0) is 33.6 Å². The molecule has 2 heterocycles. The molecule has 4 rings (SSSR count). The highest BCUT2D eigenvalue weighted by molar-refractivity contribution is 5.92. The van der Waals surface area contributed by atoms with Crippen LogP contribution in [0.2, 0.25) is 0 Å². The average Bonchev–Trinajstić information content (AvgIpc) is 3.54. The van der Waals surface area contributed by atoms with Gasteiger partial charge in [0.1, 0.15) is 17.8 Å². The summed E-state index contributed by atoms with van der Waals surface area (Å²) in [5.74, 6) is -2.34. The summed E-state index contributed by atoms with van der Waals surface area (Å²) in [7, 11) is 0. The van der Waals surface area contributed by atoms with E-state index in [1.54, 1.807) is 18.3 Å². The number of phenolic OH excluding ortho intramolecular Hbond substituents is 1. The van der Waals surface area contributed by atoms with Gasteiger partial charge in [-0.05, 0) is 35.7 Å². The molecule has 2 amide bonds. The molecule has 0 radical (unpaired) electrons. The summed E-state index contributed by atoms with van der Waals surface area (Å²) in [4.78, 5) is 48.0. The lowest BCUT2D eigenvalue weighted by Crippen LogP contribution is -2.56. The number of carboxylic acids is 1. The van der Waals surface area contributed by atoms with E-state index in [1.807, 2.05) is 24.3 Å². The first kappa shape index (κ1) is 25.5. The Morgan fingerprint density at radius 3 is 2.35 bits per heavy atom. The topological polar surface area (TPSA) is 186 Å². The minimum Gasteiger partial charge on any atom is -0.508 e. The molecule has 0 saturated heterocycles. The monoisotopic (exact) mass is 504 g/mol. The molecule has 8 N–H and O–H groups in total. The first-order valence-corrected chi connectivity index (χ1v) is 11.7. The van der Waals surface area contributed by atoms with Gasteiger partial charge < -0.3 is 36.5 Å². The summed E-state index contributed by atoms with van der Waals surface area (Å²) in [5, 5.41) is 25.3. The van der Waals surface area contributed by atoms with Gasteiger partial charge in [-0.15, -0.1) is 0 Å². The van der Waals surface area contributed by atoms with E-state index in [0.29, 0.717) is 5.69 Å². The third-order valence-electron chi connectivity index (χ3n) is 6.05. The number of aliphatic carboxylic acids is 1. The average molecular weight is 505 g/mol. The van der Waals surface area contributed by atoms with Crippen molar-refractivity contribution in [3.05, 3.63) is 84.1 Å². The molecule has 3 unspecified atom stereocenters. The van der Waals surface area contributed by atoms with Crippen molar-refractivity contribution in [3.8, 4) is 5.75 Å². The third-order valence-corrected chi connectivity index (χ3v) is 6.05. The zero-order valence-electron chi connectivity index (χ0n) is 19.8. The van der Waals surface area contributed by atoms with Gasteiger partial charge in [0.05, 0.1) is 12.4 Å². The minimum atomic E-state index is -1.22. The van der Waals surface area contributed by atoms with E-state index in [1.165, 1.54) is 24.7 Å². The second kappa shape index (κ2) is 11.4. The number of imidazole rings is 1. The molecule has 0 aliphatic heterocycles. The molecule has 0 saturated carbocycles. The fourth-order valence-electron chi connectivity index (χ4n) is 4.08. The van der Waals surface area contributed by atoms with Crippen molar-refractivity contribution >= 4 is 28.7 Å². The number of aromatic hydroxyl groups is 1. The van der Waals surface area contributed by atoms with Gasteiger partial charge in [-0.25, -0.2) is 9.78 Å². The van der Waals surface area contributed by atoms with E-state index in [4.69, 9.17) is 5.73 Å². The Morgan fingerprint density at radius 1 is 0.919 bits per heavy atom. The van der Waals surface area contributed by atoms with Crippen LogP contribution in [0, 0.1) is 0 Å². The smallest absolute Gasteiger partial charge is 0.326 e. The van der Waals surface area contributed by atoms with Crippen LogP contribution in [0.1, 0.15) is 16.8 Å². The molecule has 4 aromatic rings. The molecular weight excluding hydrogens is 476 g/mol. The number of rotatable bonds is 11. The largest absolute Gasteiger partial charge is 0.508 e. The molecule has 11 heteroatoms. The number of nitrogens with one attached hydrogen (secondary N) is 4. The van der Waals surface area contributed by atoms with Gasteiger partial charge >= 0.3 is 5.97 Å². The molecular formula is C26H28N6O5. The number of hydrogen-bond acceptors (Lipinski definition) is 6. The summed E-state index contributed by atoms with van der Waals surface area (Å²) in [5.41, 5.74) is 9.00. The van der Waals surface area contributed by atoms with Gasteiger partial charge in [0, 0.05) is 41.8 Å². The zero-order valence-corrected chi connectivity index (χ0v) is 19.8. The number of carbonyl (C=O) groups excluding carboxylic acids is 2. The van der Waals surface area contributed by atoms with Crippen molar-refractivity contribution in [3.63, 3.8) is 0 Å². The van der Waals surface area contributed by atoms with E-state index >= 15 is 0 Å². The lowest BCUT2D eigenvalue weighted by molar-refractivity contribution is -0.142. The number of para-hydroxylation sites is 1. The van der Waals surface area contributed by atoms with Crippen LogP contribution in [-0.4, -0.2) is 61.1 Å². The second-order valence-corrected chi connectivity index (χ2v) is 8.78. The Hall–Kier alpha value is -4.64. The number of fused-ring (bicyclic) bond motifs is 1. The quantitative estimate of drug-likeness (QED) is 0.159. The van der Waals surface area contributed by atoms with Crippen molar-refractivity contribution in [2.24, 2.45) is 5.73 Å². The number of aromatic nitrogens is 3. The highest BCUT2D eigenvalue weighted by Crippen LogP contribution is 2.19. The predicted octanol–water partition coefficient (Wildman–Crippen LogP) is 1.01. The normalized spacial score (nSPS) is 13.5. The molecule has 0 bridgehead atoms. The molecule has 3 atom stereocenters. The van der Waals surface area contributed by atoms with Crippen molar-refractivity contribution in [2.75, 3.05) is 0 Å². The minimum absolute atomic E-state index is 0.0518. The van der Waals surface area contributed by atoms with Crippen LogP contribution >= 0.6 is 0 Å². The number of H-pyrrole nitrogens is 2. The number of carboxylic acid groups (broad SMARTS) is 1. The fourth-order valence-corrected chi connectivity index (χ4v) is 4.08. The molecule has 0 aliphatic rings. The van der Waals surface area contributed by atoms with Gasteiger partial charge in [-0.3, -0.25) is 9.59 Å². The van der Waals surface area contributed by atoms with E-state index in [9.17, 15) is 24.6 Å². The van der Waals surface area contributed by atoms with Crippen molar-refractivity contribution in [1.29, 1.82) is 0 Å². The van der Waals surface area contributed by atoms with Crippen LogP contribution in [0.3, 0.4) is 0 Å². The zero-order chi connectivity index (χ0) is 26.4. The van der Waals surface area contributed by atoms with Crippen LogP contribution in [0.4, 0.5) is 0 Å². The Balaban J connectivity index is 1.47. The number of phenols is 1. The SMILES string of the molecule is NC(Cc1ccc(O)cc1)C(=O)NC(Cc1cnc[nH]1)C(=O)NC(Cc1c[nH]c2ccccc12)C(=O)O. The number of hydrogen-bond donors (Lipinski definition) is 7. The molecule has 0 fully saturated rings. The highest BCUT2D eigenvalue weighted by Gasteiger charge is 2.29. The van der Waals surface area contributed by atoms with Crippen molar-refractivity contribution in [2.45, 2.75) is 37.4 Å². The number of aromatic amines is 2. The molecule has 192 valence electrons. The third kappa shape index (κ3) is 6.53. The first-order valence-electron chi connectivity index (χ1n) is 11.7. The Kier molecular flexibility index (Phi) is 7.84. The number of amides is 2. The summed E-state index contributed by atoms with van der Waals surface area (Å²) < 4.78 is 0. The molecule has 2 aromatic carbocycles. The molecule has 0 aliphatic carbocycles. The lowest BCUT2D eigenvalue weighted by atomic mass is 10.0. The second-order valence-electron chi connectivity index (χ2n) is 8.78. The summed E-state index contributed by atoms with van der Waals surface area (Å²) in [6, 6.07) is 10.5. The van der Waals surface area contributed by atoms with Crippen molar-refractivity contribution < 1.29 is 24.6 Å². The fraction of sp³-hybridized carbons (Fsp3) is 0.231. The summed E-state index contributed by atoms with van der Waals surface area (Å²) in [6.07, 6.45) is 4.98. The predicted molar refractivity (Wildman–Crippen MR) is 136 cm³/mol. The van der Waals surface area contributed by atoms with E-state index in [2.05, 4.69) is 25.6 Å². The maximum atomic E-state index is 13.2.